The summed E-state index contributed by atoms with van der Waals surface area (Å²) >= 11 is 0. The molecule has 1 nitrogen and oxygen atoms in total. The lowest BCUT2D eigenvalue weighted by atomic mass is 9.87. The third-order valence-corrected chi connectivity index (χ3v) is 11.1. The summed E-state index contributed by atoms with van der Waals surface area (Å²) in [4.78, 5) is 2.42. The van der Waals surface area contributed by atoms with Crippen LogP contribution in [0.5, 0.6) is 0 Å². The van der Waals surface area contributed by atoms with Gasteiger partial charge >= 0.3 is 0 Å². The Bertz CT molecular complexity index is 2990. The molecular formula is C56H39N. The van der Waals surface area contributed by atoms with Gasteiger partial charge in [-0.25, -0.2) is 0 Å². The van der Waals surface area contributed by atoms with Crippen LogP contribution in [0.3, 0.4) is 0 Å². The average Bonchev–Trinajstić information content (AvgIpc) is 3.30. The van der Waals surface area contributed by atoms with Crippen LogP contribution in [0.1, 0.15) is 0 Å². The van der Waals surface area contributed by atoms with Crippen LogP contribution in [0.25, 0.3) is 77.2 Å². The van der Waals surface area contributed by atoms with Crippen molar-refractivity contribution in [3.05, 3.63) is 237 Å². The molecule has 0 aliphatic rings. The second-order valence-electron chi connectivity index (χ2n) is 14.5. The summed E-state index contributed by atoms with van der Waals surface area (Å²) in [6.45, 7) is 0. The van der Waals surface area contributed by atoms with Crippen molar-refractivity contribution in [2.75, 3.05) is 4.90 Å². The van der Waals surface area contributed by atoms with Gasteiger partial charge < -0.3 is 4.90 Å². The minimum absolute atomic E-state index is 1.09. The van der Waals surface area contributed by atoms with E-state index in [4.69, 9.17) is 0 Å². The van der Waals surface area contributed by atoms with Crippen molar-refractivity contribution in [3.63, 3.8) is 0 Å². The molecule has 0 amide bonds. The molecule has 268 valence electrons. The Kier molecular flexibility index (Phi) is 8.95. The number of nitrogens with zero attached hydrogens (tertiary/aromatic N) is 1. The van der Waals surface area contributed by atoms with Crippen LogP contribution < -0.4 is 4.90 Å². The standard InChI is InChI=1S/C56H39N/c1-3-16-40(17-4-1)46-33-37-51(42-19-5-2-6-20-42)55(39-46)53-26-12-11-25-52(53)54-27-13-14-29-56(54)57(48-36-30-41-18-7-8-22-45(41)38-48)47-34-31-44(32-35-47)50-28-15-23-43-21-9-10-24-49(43)50/h1-39H. The van der Waals surface area contributed by atoms with Crippen molar-refractivity contribution in [1.29, 1.82) is 0 Å². The van der Waals surface area contributed by atoms with Gasteiger partial charge in [-0.2, -0.15) is 0 Å². The molecule has 0 saturated carbocycles. The first kappa shape index (κ1) is 34.0. The number of anilines is 3. The lowest BCUT2D eigenvalue weighted by molar-refractivity contribution is 1.29. The van der Waals surface area contributed by atoms with Crippen molar-refractivity contribution < 1.29 is 0 Å². The Morgan fingerprint density at radius 3 is 1.53 bits per heavy atom. The van der Waals surface area contributed by atoms with Crippen molar-refractivity contribution in [2.24, 2.45) is 0 Å². The van der Waals surface area contributed by atoms with E-state index in [1.54, 1.807) is 0 Å². The van der Waals surface area contributed by atoms with Crippen molar-refractivity contribution in [1.82, 2.24) is 0 Å². The van der Waals surface area contributed by atoms with Crippen LogP contribution >= 0.6 is 0 Å². The van der Waals surface area contributed by atoms with Crippen LogP contribution in [-0.4, -0.2) is 0 Å². The Morgan fingerprint density at radius 1 is 0.228 bits per heavy atom. The molecule has 0 atom stereocenters. The molecule has 1 heteroatoms. The number of benzene rings is 10. The maximum Gasteiger partial charge on any atom is 0.0540 e. The van der Waals surface area contributed by atoms with Gasteiger partial charge in [-0.1, -0.05) is 200 Å². The van der Waals surface area contributed by atoms with Gasteiger partial charge in [0.05, 0.1) is 5.69 Å². The molecule has 0 fully saturated rings. The first-order valence-electron chi connectivity index (χ1n) is 19.6. The molecule has 0 saturated heterocycles. The zero-order chi connectivity index (χ0) is 38.0. The third-order valence-electron chi connectivity index (χ3n) is 11.1. The molecular weight excluding hydrogens is 687 g/mol. The normalized spacial score (nSPS) is 11.2. The van der Waals surface area contributed by atoms with E-state index in [9.17, 15) is 0 Å². The van der Waals surface area contributed by atoms with Crippen LogP contribution in [0.4, 0.5) is 17.1 Å². The lowest BCUT2D eigenvalue weighted by Gasteiger charge is -2.29. The highest BCUT2D eigenvalue weighted by molar-refractivity contribution is 6.00. The fourth-order valence-electron chi connectivity index (χ4n) is 8.31. The highest BCUT2D eigenvalue weighted by Gasteiger charge is 2.21. The minimum atomic E-state index is 1.09. The van der Waals surface area contributed by atoms with Crippen LogP contribution in [0, 0.1) is 0 Å². The fraction of sp³-hybridized carbons (Fsp3) is 0. The fourth-order valence-corrected chi connectivity index (χ4v) is 8.31. The van der Waals surface area contributed by atoms with Gasteiger partial charge in [0.2, 0.25) is 0 Å². The third kappa shape index (κ3) is 6.56. The highest BCUT2D eigenvalue weighted by atomic mass is 15.1. The summed E-state index contributed by atoms with van der Waals surface area (Å²) in [5.41, 5.74) is 15.2. The maximum absolute atomic E-state index is 2.42. The van der Waals surface area contributed by atoms with Gasteiger partial charge in [-0.3, -0.25) is 0 Å². The number of rotatable bonds is 8. The van der Waals surface area contributed by atoms with Gasteiger partial charge in [0.25, 0.3) is 0 Å². The van der Waals surface area contributed by atoms with Crippen LogP contribution in [-0.2, 0) is 0 Å². The second kappa shape index (κ2) is 15.0. The summed E-state index contributed by atoms with van der Waals surface area (Å²) in [6, 6.07) is 85.7. The highest BCUT2D eigenvalue weighted by Crippen LogP contribution is 2.46. The van der Waals surface area contributed by atoms with E-state index in [-0.39, 0.29) is 0 Å². The van der Waals surface area contributed by atoms with E-state index < -0.39 is 0 Å². The molecule has 0 aromatic heterocycles. The number of hydrogen-bond acceptors (Lipinski definition) is 1. The molecule has 0 spiro atoms. The Hall–Kier alpha value is -7.48. The maximum atomic E-state index is 2.42. The molecule has 0 heterocycles. The summed E-state index contributed by atoms with van der Waals surface area (Å²) in [5, 5.41) is 4.93. The zero-order valence-corrected chi connectivity index (χ0v) is 31.5. The van der Waals surface area contributed by atoms with E-state index in [2.05, 4.69) is 241 Å². The second-order valence-corrected chi connectivity index (χ2v) is 14.5. The van der Waals surface area contributed by atoms with E-state index in [0.717, 1.165) is 22.6 Å². The molecule has 57 heavy (non-hydrogen) atoms. The zero-order valence-electron chi connectivity index (χ0n) is 31.5. The summed E-state index contributed by atoms with van der Waals surface area (Å²) in [7, 11) is 0. The van der Waals surface area contributed by atoms with Gasteiger partial charge in [0, 0.05) is 16.9 Å². The SMILES string of the molecule is c1ccc(-c2ccc(-c3ccccc3)c(-c3ccccc3-c3ccccc3N(c3ccc(-c4cccc5ccccc45)cc3)c3ccc4ccccc4c3)c2)cc1. The van der Waals surface area contributed by atoms with Crippen molar-refractivity contribution in [2.45, 2.75) is 0 Å². The predicted molar refractivity (Wildman–Crippen MR) is 243 cm³/mol. The molecule has 10 aromatic rings. The van der Waals surface area contributed by atoms with E-state index >= 15 is 0 Å². The van der Waals surface area contributed by atoms with Crippen LogP contribution in [0.15, 0.2) is 237 Å². The summed E-state index contributed by atoms with van der Waals surface area (Å²) in [5.74, 6) is 0. The lowest BCUT2D eigenvalue weighted by Crippen LogP contribution is -2.11. The quantitative estimate of drug-likeness (QED) is 0.151. The minimum Gasteiger partial charge on any atom is -0.310 e. The van der Waals surface area contributed by atoms with Crippen molar-refractivity contribution in [3.8, 4) is 55.6 Å². The smallest absolute Gasteiger partial charge is 0.0540 e. The molecule has 0 bridgehead atoms. The van der Waals surface area contributed by atoms with Gasteiger partial charge in [0.15, 0.2) is 0 Å². The Balaban J connectivity index is 1.16. The monoisotopic (exact) mass is 725 g/mol. The van der Waals surface area contributed by atoms with Crippen molar-refractivity contribution >= 4 is 38.6 Å². The van der Waals surface area contributed by atoms with E-state index in [1.165, 1.54) is 71.6 Å². The Morgan fingerprint density at radius 2 is 0.754 bits per heavy atom. The first-order chi connectivity index (χ1) is 28.3. The van der Waals surface area contributed by atoms with Crippen LogP contribution in [0.2, 0.25) is 0 Å². The topological polar surface area (TPSA) is 3.24 Å². The summed E-state index contributed by atoms with van der Waals surface area (Å²) < 4.78 is 0. The van der Waals surface area contributed by atoms with E-state index in [0.29, 0.717) is 0 Å². The molecule has 0 aliphatic heterocycles. The van der Waals surface area contributed by atoms with Gasteiger partial charge in [0.1, 0.15) is 0 Å². The average molecular weight is 726 g/mol. The molecule has 10 aromatic carbocycles. The number of fused-ring (bicyclic) bond motifs is 2. The summed E-state index contributed by atoms with van der Waals surface area (Å²) in [6.07, 6.45) is 0. The number of hydrogen-bond donors (Lipinski definition) is 0. The Labute approximate surface area is 334 Å². The molecule has 10 rings (SSSR count). The van der Waals surface area contributed by atoms with E-state index in [1.807, 2.05) is 0 Å². The largest absolute Gasteiger partial charge is 0.310 e. The first-order valence-corrected chi connectivity index (χ1v) is 19.6. The van der Waals surface area contributed by atoms with Gasteiger partial charge in [-0.15, -0.1) is 0 Å². The molecule has 0 radical (unpaired) electrons. The van der Waals surface area contributed by atoms with Gasteiger partial charge in [-0.05, 0) is 108 Å². The molecule has 0 N–H and O–H groups in total. The molecule has 0 unspecified atom stereocenters. The number of para-hydroxylation sites is 1. The predicted octanol–water partition coefficient (Wildman–Crippen LogP) is 15.8. The molecule has 0 aliphatic carbocycles.